The van der Waals surface area contributed by atoms with Crippen molar-refractivity contribution in [1.29, 1.82) is 0 Å². The molecule has 2 aromatic rings. The van der Waals surface area contributed by atoms with Gasteiger partial charge >= 0.3 is 0 Å². The van der Waals surface area contributed by atoms with Gasteiger partial charge in [-0.05, 0) is 74.2 Å². The summed E-state index contributed by atoms with van der Waals surface area (Å²) in [5.74, 6) is -6.77. The number of rotatable bonds is 3. The minimum Gasteiger partial charge on any atom is -0.510 e. The second-order valence-corrected chi connectivity index (χ2v) is 10.5. The number of aromatic hydroxyl groups is 1. The number of aliphatic hydroxyl groups excluding tert-OH is 2. The molecular weight excluding hydrogens is 490 g/mol. The van der Waals surface area contributed by atoms with Gasteiger partial charge in [0.25, 0.3) is 5.91 Å². The van der Waals surface area contributed by atoms with E-state index in [1.54, 1.807) is 26.2 Å². The molecule has 0 fully saturated rings. The molecule has 0 bridgehead atoms. The number of amides is 1. The highest BCUT2D eigenvalue weighted by Crippen LogP contribution is 2.53. The third kappa shape index (κ3) is 3.30. The number of Topliss-reactive ketones (excluding diaryl/α,β-unsaturated/α-hetero) is 2. The van der Waals surface area contributed by atoms with Crippen LogP contribution < -0.4 is 11.5 Å². The molecule has 0 heterocycles. The zero-order chi connectivity index (χ0) is 27.8. The van der Waals surface area contributed by atoms with Gasteiger partial charge in [-0.25, -0.2) is 0 Å². The van der Waals surface area contributed by atoms with Crippen LogP contribution in [0.1, 0.15) is 27.9 Å². The van der Waals surface area contributed by atoms with Gasteiger partial charge in [0.1, 0.15) is 22.8 Å². The molecule has 3 aliphatic rings. The average Bonchev–Trinajstić information content (AvgIpc) is 2.83. The van der Waals surface area contributed by atoms with E-state index < -0.39 is 58.0 Å². The van der Waals surface area contributed by atoms with Crippen LogP contribution in [0.2, 0.25) is 0 Å². The number of fused-ring (bicyclic) bond motifs is 3. The molecule has 0 spiro atoms. The summed E-state index contributed by atoms with van der Waals surface area (Å²) in [6.45, 7) is 1.87. The molecule has 0 radical (unpaired) electrons. The third-order valence-corrected chi connectivity index (χ3v) is 8.20. The standard InChI is InChI=1S/C28H29N3O7/c1-11-4-5-12(10-17(11)29)14-6-7-18(32)20-15(14)8-13-9-16-22(31(2)3)24(34)21(27(30)37)26(36)28(16,38)25(35)19(13)23(20)33/h4-7,10,13,16,22,32,34-35,38H,8-9,29H2,1-3H3,(H2,30,37)/t13-,16-,22-,28-/m1/s1. The molecule has 4 atom stereocenters. The molecule has 198 valence electrons. The van der Waals surface area contributed by atoms with Gasteiger partial charge in [0, 0.05) is 17.2 Å². The number of phenolic OH excluding ortho intramolecular Hbond substituents is 1. The third-order valence-electron chi connectivity index (χ3n) is 8.20. The molecular formula is C28H29N3O7. The summed E-state index contributed by atoms with van der Waals surface area (Å²) < 4.78 is 0. The second kappa shape index (κ2) is 8.44. The minimum absolute atomic E-state index is 0.0247. The highest BCUT2D eigenvalue weighted by atomic mass is 16.3. The fourth-order valence-electron chi connectivity index (χ4n) is 6.33. The summed E-state index contributed by atoms with van der Waals surface area (Å²) in [6, 6.07) is 7.53. The van der Waals surface area contributed by atoms with Crippen molar-refractivity contribution in [3.05, 3.63) is 69.7 Å². The Kier molecular flexibility index (Phi) is 5.66. The van der Waals surface area contributed by atoms with E-state index in [0.29, 0.717) is 16.8 Å². The monoisotopic (exact) mass is 519 g/mol. The summed E-state index contributed by atoms with van der Waals surface area (Å²) in [6.07, 6.45) is 0.225. The van der Waals surface area contributed by atoms with Gasteiger partial charge < -0.3 is 31.9 Å². The van der Waals surface area contributed by atoms with Crippen LogP contribution in [0.25, 0.3) is 11.1 Å². The van der Waals surface area contributed by atoms with E-state index in [0.717, 1.165) is 11.1 Å². The largest absolute Gasteiger partial charge is 0.510 e. The van der Waals surface area contributed by atoms with Crippen LogP contribution in [0.3, 0.4) is 0 Å². The number of nitrogens with two attached hydrogens (primary N) is 2. The topological polar surface area (TPSA) is 187 Å². The number of benzene rings is 2. The SMILES string of the molecule is Cc1ccc(-c2ccc(O)c3c2C[C@@H]2C[C@@H]4[C@@H](N(C)C)C(O)=C(C(N)=O)C(=O)[C@]4(O)C(O)=C2C3=O)cc1N. The molecule has 10 heteroatoms. The zero-order valence-electron chi connectivity index (χ0n) is 21.1. The molecule has 38 heavy (non-hydrogen) atoms. The minimum atomic E-state index is -2.66. The lowest BCUT2D eigenvalue weighted by atomic mass is 9.58. The van der Waals surface area contributed by atoms with Crippen LogP contribution in [-0.2, 0) is 16.0 Å². The van der Waals surface area contributed by atoms with Crippen molar-refractivity contribution in [2.45, 2.75) is 31.4 Å². The summed E-state index contributed by atoms with van der Waals surface area (Å²) in [7, 11) is 3.18. The lowest BCUT2D eigenvalue weighted by Crippen LogP contribution is -2.63. The molecule has 0 saturated heterocycles. The van der Waals surface area contributed by atoms with E-state index in [2.05, 4.69) is 0 Å². The van der Waals surface area contributed by atoms with E-state index in [1.165, 1.54) is 11.0 Å². The lowest BCUT2D eigenvalue weighted by Gasteiger charge is -2.50. The molecule has 0 unspecified atom stereocenters. The first-order valence-electron chi connectivity index (χ1n) is 12.2. The van der Waals surface area contributed by atoms with E-state index in [-0.39, 0.29) is 29.7 Å². The molecule has 2 aromatic carbocycles. The smallest absolute Gasteiger partial charge is 0.255 e. The van der Waals surface area contributed by atoms with Gasteiger partial charge in [-0.15, -0.1) is 0 Å². The van der Waals surface area contributed by atoms with Gasteiger partial charge in [-0.3, -0.25) is 19.3 Å². The van der Waals surface area contributed by atoms with E-state index in [1.807, 2.05) is 19.1 Å². The Labute approximate surface area is 218 Å². The van der Waals surface area contributed by atoms with E-state index in [9.17, 15) is 34.8 Å². The van der Waals surface area contributed by atoms with Crippen molar-refractivity contribution in [3.8, 4) is 16.9 Å². The van der Waals surface area contributed by atoms with Crippen molar-refractivity contribution in [2.24, 2.45) is 17.6 Å². The first kappa shape index (κ1) is 25.5. The number of aliphatic hydroxyl groups is 3. The number of anilines is 1. The fraction of sp³-hybridized carbons (Fsp3) is 0.321. The number of carbonyl (C=O) groups excluding carboxylic acids is 3. The Balaban J connectivity index is 1.73. The molecule has 0 aliphatic heterocycles. The van der Waals surface area contributed by atoms with Crippen molar-refractivity contribution in [2.75, 3.05) is 19.8 Å². The van der Waals surface area contributed by atoms with Crippen LogP contribution >= 0.6 is 0 Å². The van der Waals surface area contributed by atoms with Crippen molar-refractivity contribution in [1.82, 2.24) is 4.90 Å². The number of hydrogen-bond acceptors (Lipinski definition) is 9. The number of carbonyl (C=O) groups is 3. The van der Waals surface area contributed by atoms with Gasteiger partial charge in [-0.1, -0.05) is 18.2 Å². The van der Waals surface area contributed by atoms with Crippen molar-refractivity contribution < 1.29 is 34.8 Å². The number of likely N-dealkylation sites (N-methyl/N-ethyl adjacent to an activating group) is 1. The predicted octanol–water partition coefficient (Wildman–Crippen LogP) is 1.68. The Morgan fingerprint density at radius 3 is 2.39 bits per heavy atom. The van der Waals surface area contributed by atoms with Gasteiger partial charge in [0.15, 0.2) is 11.4 Å². The normalized spacial score (nSPS) is 26.8. The number of phenols is 1. The predicted molar refractivity (Wildman–Crippen MR) is 138 cm³/mol. The summed E-state index contributed by atoms with van der Waals surface area (Å²) in [5.41, 5.74) is 11.2. The number of hydrogen-bond donors (Lipinski definition) is 6. The number of allylic oxidation sites excluding steroid dienone is 1. The average molecular weight is 520 g/mol. The molecule has 3 aliphatic carbocycles. The molecule has 0 saturated carbocycles. The van der Waals surface area contributed by atoms with Gasteiger partial charge in [0.2, 0.25) is 5.78 Å². The summed E-state index contributed by atoms with van der Waals surface area (Å²) >= 11 is 0. The van der Waals surface area contributed by atoms with Crippen LogP contribution in [0.15, 0.2) is 53.0 Å². The molecule has 5 rings (SSSR count). The number of nitrogen functional groups attached to an aromatic ring is 1. The summed E-state index contributed by atoms with van der Waals surface area (Å²) in [4.78, 5) is 40.8. The van der Waals surface area contributed by atoms with Crippen LogP contribution in [0, 0.1) is 18.8 Å². The van der Waals surface area contributed by atoms with Crippen molar-refractivity contribution in [3.63, 3.8) is 0 Å². The molecule has 0 aromatic heterocycles. The van der Waals surface area contributed by atoms with E-state index >= 15 is 0 Å². The van der Waals surface area contributed by atoms with Crippen LogP contribution in [0.5, 0.6) is 5.75 Å². The Hall–Kier alpha value is -4.15. The maximum Gasteiger partial charge on any atom is 0.255 e. The van der Waals surface area contributed by atoms with Gasteiger partial charge in [0.05, 0.1) is 11.6 Å². The zero-order valence-corrected chi connectivity index (χ0v) is 21.1. The van der Waals surface area contributed by atoms with E-state index in [4.69, 9.17) is 11.5 Å². The first-order chi connectivity index (χ1) is 17.8. The Morgan fingerprint density at radius 2 is 1.79 bits per heavy atom. The molecule has 8 N–H and O–H groups in total. The highest BCUT2D eigenvalue weighted by Gasteiger charge is 2.63. The second-order valence-electron chi connectivity index (χ2n) is 10.5. The fourth-order valence-corrected chi connectivity index (χ4v) is 6.33. The highest BCUT2D eigenvalue weighted by molar-refractivity contribution is 6.24. The Morgan fingerprint density at radius 1 is 1.11 bits per heavy atom. The number of ketones is 2. The van der Waals surface area contributed by atoms with Crippen molar-refractivity contribution >= 4 is 23.2 Å². The first-order valence-corrected chi connectivity index (χ1v) is 12.2. The molecule has 10 nitrogen and oxygen atoms in total. The quantitative estimate of drug-likeness (QED) is 0.259. The van der Waals surface area contributed by atoms with Crippen LogP contribution in [-0.4, -0.2) is 68.5 Å². The molecule has 1 amide bonds. The maximum atomic E-state index is 13.8. The Bertz CT molecular complexity index is 1510. The number of nitrogens with zero attached hydrogens (tertiary/aromatic N) is 1. The van der Waals surface area contributed by atoms with Crippen LogP contribution in [0.4, 0.5) is 5.69 Å². The maximum absolute atomic E-state index is 13.8. The van der Waals surface area contributed by atoms with Gasteiger partial charge in [-0.2, -0.15) is 0 Å². The number of primary amides is 1. The number of aryl methyl sites for hydroxylation is 1. The summed E-state index contributed by atoms with van der Waals surface area (Å²) in [5, 5.41) is 44.6. The lowest BCUT2D eigenvalue weighted by molar-refractivity contribution is -0.148.